The van der Waals surface area contributed by atoms with Gasteiger partial charge >= 0.3 is 11.9 Å². The molecule has 0 unspecified atom stereocenters. The van der Waals surface area contributed by atoms with Crippen LogP contribution in [0.5, 0.6) is 23.0 Å². The van der Waals surface area contributed by atoms with Crippen LogP contribution in [-0.4, -0.2) is 87.1 Å². The van der Waals surface area contributed by atoms with Crippen molar-refractivity contribution >= 4 is 33.7 Å². The van der Waals surface area contributed by atoms with Crippen molar-refractivity contribution in [2.45, 2.75) is 36.8 Å². The number of phenolic OH excluding ortho intramolecular Hbond substituents is 4. The molecule has 1 aliphatic rings. The van der Waals surface area contributed by atoms with Gasteiger partial charge in [0.2, 0.25) is 15.8 Å². The summed E-state index contributed by atoms with van der Waals surface area (Å²) < 4.78 is 34.2. The molecule has 2 atom stereocenters. The van der Waals surface area contributed by atoms with Crippen molar-refractivity contribution in [2.75, 3.05) is 13.1 Å². The lowest BCUT2D eigenvalue weighted by molar-refractivity contribution is 0.0184. The lowest BCUT2D eigenvalue weighted by atomic mass is 9.95. The van der Waals surface area contributed by atoms with Crippen LogP contribution >= 0.6 is 0 Å². The molecule has 50 heavy (non-hydrogen) atoms. The van der Waals surface area contributed by atoms with Gasteiger partial charge in [0.15, 0.2) is 0 Å². The van der Waals surface area contributed by atoms with Crippen molar-refractivity contribution in [2.24, 2.45) is 0 Å². The number of aryl methyl sites for hydroxylation is 1. The fraction of sp³-hybridized carbons (Fsp3) is 0.200. The zero-order chi connectivity index (χ0) is 36.3. The highest BCUT2D eigenvalue weighted by atomic mass is 32.2. The quantitative estimate of drug-likeness (QED) is 0.109. The minimum absolute atomic E-state index is 0.0267. The minimum Gasteiger partial charge on any atom is -0.508 e. The van der Waals surface area contributed by atoms with Gasteiger partial charge in [0, 0.05) is 18.7 Å². The molecule has 6 N–H and O–H groups in total. The van der Waals surface area contributed by atoms with Crippen LogP contribution in [0, 0.1) is 6.92 Å². The number of carbonyl (C=O) groups is 4. The van der Waals surface area contributed by atoms with Crippen LogP contribution < -0.4 is 5.32 Å². The zero-order valence-corrected chi connectivity index (χ0v) is 27.3. The van der Waals surface area contributed by atoms with E-state index in [1.807, 2.05) is 6.92 Å². The number of hydrogen-bond donors (Lipinski definition) is 6. The Balaban J connectivity index is 1.44. The average Bonchev–Trinajstić information content (AvgIpc) is 3.26. The number of ether oxygens (including phenoxy) is 1. The van der Waals surface area contributed by atoms with Gasteiger partial charge in [0.1, 0.15) is 34.7 Å². The number of sulfonamides is 1. The number of hydrogen-bond acceptors (Lipinski definition) is 11. The number of phenols is 4. The molecule has 0 aliphatic carbocycles. The van der Waals surface area contributed by atoms with Crippen molar-refractivity contribution in [1.82, 2.24) is 9.62 Å². The van der Waals surface area contributed by atoms with Gasteiger partial charge in [0.25, 0.3) is 5.91 Å². The van der Waals surface area contributed by atoms with Crippen LogP contribution in [-0.2, 0) is 14.8 Å². The number of carboxylic acid groups (broad SMARTS) is 1. The third kappa shape index (κ3) is 7.38. The second kappa shape index (κ2) is 14.3. The van der Waals surface area contributed by atoms with Crippen LogP contribution in [0.3, 0.4) is 0 Å². The molecule has 1 fully saturated rings. The van der Waals surface area contributed by atoms with E-state index in [0.29, 0.717) is 0 Å². The molecule has 15 heteroatoms. The Morgan fingerprint density at radius 1 is 0.820 bits per heavy atom. The Morgan fingerprint density at radius 2 is 1.46 bits per heavy atom. The fourth-order valence-electron chi connectivity index (χ4n) is 5.57. The number of aromatic hydroxyl groups is 4. The highest BCUT2D eigenvalue weighted by Crippen LogP contribution is 2.35. The first-order valence-electron chi connectivity index (χ1n) is 15.2. The molecule has 14 nitrogen and oxygen atoms in total. The minimum atomic E-state index is -4.05. The van der Waals surface area contributed by atoms with Crippen molar-refractivity contribution in [3.63, 3.8) is 0 Å². The van der Waals surface area contributed by atoms with Gasteiger partial charge in [-0.15, -0.1) is 0 Å². The van der Waals surface area contributed by atoms with Crippen molar-refractivity contribution in [1.29, 1.82) is 0 Å². The number of nitrogens with zero attached hydrogens (tertiary/aromatic N) is 1. The molecule has 1 saturated heterocycles. The number of amides is 1. The van der Waals surface area contributed by atoms with Crippen LogP contribution in [0.1, 0.15) is 65.4 Å². The normalized spacial score (nSPS) is 16.6. The second-order valence-electron chi connectivity index (χ2n) is 11.6. The van der Waals surface area contributed by atoms with Gasteiger partial charge in [-0.05, 0) is 80.4 Å². The van der Waals surface area contributed by atoms with Gasteiger partial charge in [-0.3, -0.25) is 9.59 Å². The maximum absolute atomic E-state index is 13.6. The van der Waals surface area contributed by atoms with Gasteiger partial charge in [-0.25, -0.2) is 18.0 Å². The molecule has 5 rings (SSSR count). The summed E-state index contributed by atoms with van der Waals surface area (Å²) in [6, 6.07) is 15.3. The highest BCUT2D eigenvalue weighted by molar-refractivity contribution is 7.89. The maximum Gasteiger partial charge on any atom is 0.338 e. The molecule has 0 aromatic heterocycles. The van der Waals surface area contributed by atoms with Gasteiger partial charge in [-0.1, -0.05) is 23.8 Å². The van der Waals surface area contributed by atoms with E-state index < -0.39 is 85.3 Å². The Kier molecular flexibility index (Phi) is 10.1. The summed E-state index contributed by atoms with van der Waals surface area (Å²) in [5.74, 6) is -7.18. The second-order valence-corrected chi connectivity index (χ2v) is 13.6. The van der Waals surface area contributed by atoms with Gasteiger partial charge in [0.05, 0.1) is 27.6 Å². The first kappa shape index (κ1) is 35.4. The Morgan fingerprint density at radius 3 is 2.08 bits per heavy atom. The number of ketones is 1. The molecule has 0 spiro atoms. The van der Waals surface area contributed by atoms with E-state index in [2.05, 4.69) is 5.32 Å². The Hall–Kier alpha value is -5.93. The average molecular weight is 705 g/mol. The number of nitrogens with one attached hydrogen (secondary N) is 1. The summed E-state index contributed by atoms with van der Waals surface area (Å²) >= 11 is 0. The van der Waals surface area contributed by atoms with E-state index >= 15 is 0 Å². The topological polar surface area (TPSA) is 228 Å². The van der Waals surface area contributed by atoms with Crippen LogP contribution in [0.15, 0.2) is 83.8 Å². The molecule has 0 radical (unpaired) electrons. The number of rotatable bonds is 9. The molecule has 0 bridgehead atoms. The summed E-state index contributed by atoms with van der Waals surface area (Å²) in [7, 11) is -4.05. The summed E-state index contributed by atoms with van der Waals surface area (Å²) in [4.78, 5) is 51.6. The number of carbonyl (C=O) groups excluding carboxylic acids is 3. The number of aromatic carboxylic acids is 1. The first-order valence-corrected chi connectivity index (χ1v) is 16.6. The van der Waals surface area contributed by atoms with Crippen molar-refractivity contribution < 1.29 is 57.9 Å². The fourth-order valence-corrected chi connectivity index (χ4v) is 7.07. The Labute approximate surface area is 285 Å². The number of benzene rings is 4. The predicted molar refractivity (Wildman–Crippen MR) is 176 cm³/mol. The lowest BCUT2D eigenvalue weighted by Crippen LogP contribution is -2.51. The Bertz CT molecular complexity index is 2060. The molecular formula is C35H32N2O12S. The smallest absolute Gasteiger partial charge is 0.338 e. The molecule has 260 valence electrons. The maximum atomic E-state index is 13.6. The largest absolute Gasteiger partial charge is 0.508 e. The lowest BCUT2D eigenvalue weighted by Gasteiger charge is -2.29. The van der Waals surface area contributed by atoms with Crippen molar-refractivity contribution in [3.8, 4) is 23.0 Å². The third-order valence-electron chi connectivity index (χ3n) is 8.17. The summed E-state index contributed by atoms with van der Waals surface area (Å²) in [6.07, 6.45) is -0.816. The van der Waals surface area contributed by atoms with E-state index in [-0.39, 0.29) is 42.1 Å². The SMILES string of the molecule is Cc1ccc(S(=O)(=O)N2CCC[C@H](OC(=O)c3cc(O)c(C(=O)c4c(O)cccc4C(=O)O)c(O)c3)[C@@H](NC(=O)c3ccc(O)cc3)C2)cc1. The summed E-state index contributed by atoms with van der Waals surface area (Å²) in [5, 5.41) is 53.5. The van der Waals surface area contributed by atoms with E-state index in [0.717, 1.165) is 29.8 Å². The summed E-state index contributed by atoms with van der Waals surface area (Å²) in [5.41, 5.74) is -1.51. The molecule has 1 amide bonds. The molecule has 4 aromatic rings. The number of carboxylic acids is 1. The molecule has 4 aromatic carbocycles. The molecular weight excluding hydrogens is 672 g/mol. The van der Waals surface area contributed by atoms with Gasteiger partial charge < -0.3 is 35.6 Å². The van der Waals surface area contributed by atoms with E-state index in [9.17, 15) is 53.1 Å². The third-order valence-corrected chi connectivity index (χ3v) is 10.0. The van der Waals surface area contributed by atoms with Crippen LogP contribution in [0.25, 0.3) is 0 Å². The zero-order valence-electron chi connectivity index (χ0n) is 26.4. The van der Waals surface area contributed by atoms with E-state index in [1.165, 1.54) is 46.8 Å². The predicted octanol–water partition coefficient (Wildman–Crippen LogP) is 3.56. The first-order chi connectivity index (χ1) is 23.7. The highest BCUT2D eigenvalue weighted by Gasteiger charge is 2.37. The van der Waals surface area contributed by atoms with Gasteiger partial charge in [-0.2, -0.15) is 4.31 Å². The number of esters is 1. The van der Waals surface area contributed by atoms with Crippen molar-refractivity contribution in [3.05, 3.63) is 112 Å². The standard InChI is InChI=1S/C35H32N2O12S/c1-19-7-13-23(14-8-19)50(47,48)37-15-3-6-29(25(18-37)36-33(43)20-9-11-22(38)12-10-20)49-35(46)21-16-27(40)31(28(41)17-21)32(42)30-24(34(44)45)4-2-5-26(30)39/h2,4-5,7-14,16-17,25,29,38-41H,3,6,15,18H2,1H3,(H,36,43)(H,44,45)/t25-,29-/m0/s1. The molecule has 0 saturated carbocycles. The molecule has 1 aliphatic heterocycles. The van der Waals surface area contributed by atoms with E-state index in [1.54, 1.807) is 12.1 Å². The van der Waals surface area contributed by atoms with Crippen LogP contribution in [0.2, 0.25) is 0 Å². The van der Waals surface area contributed by atoms with E-state index in [4.69, 9.17) is 4.74 Å². The van der Waals surface area contributed by atoms with Crippen LogP contribution in [0.4, 0.5) is 0 Å². The summed E-state index contributed by atoms with van der Waals surface area (Å²) in [6.45, 7) is 1.54. The monoisotopic (exact) mass is 704 g/mol. The molecule has 1 heterocycles.